The highest BCUT2D eigenvalue weighted by atomic mass is 19.1. The first kappa shape index (κ1) is 23.1. The minimum atomic E-state index is -0.724. The molecule has 0 radical (unpaired) electrons. The topological polar surface area (TPSA) is 72.2 Å². The lowest BCUT2D eigenvalue weighted by Crippen LogP contribution is -2.48. The zero-order valence-corrected chi connectivity index (χ0v) is 17.2. The first-order valence-electron chi connectivity index (χ1n) is 9.24. The number of carbonyl (C=O) groups is 2. The van der Waals surface area contributed by atoms with Crippen molar-refractivity contribution in [3.8, 4) is 0 Å². The number of hydrogen-bond donors (Lipinski definition) is 2. The summed E-state index contributed by atoms with van der Waals surface area (Å²) in [5.74, 6) is -3.48. The maximum Gasteiger partial charge on any atom is 0.224 e. The van der Waals surface area contributed by atoms with E-state index in [1.807, 2.05) is 41.5 Å². The minimum absolute atomic E-state index is 0.196. The average molecular weight is 382 g/mol. The maximum absolute atomic E-state index is 13.4. The molecule has 6 heteroatoms. The number of aryl methyl sites for hydroxylation is 1. The zero-order valence-electron chi connectivity index (χ0n) is 17.2. The molecule has 0 bridgehead atoms. The van der Waals surface area contributed by atoms with Gasteiger partial charge in [-0.1, -0.05) is 20.8 Å². The molecule has 2 atom stereocenters. The number of benzene rings is 1. The molecule has 3 N–H and O–H groups in total. The van der Waals surface area contributed by atoms with E-state index in [-0.39, 0.29) is 24.2 Å². The van der Waals surface area contributed by atoms with Crippen molar-refractivity contribution >= 4 is 11.8 Å². The van der Waals surface area contributed by atoms with Gasteiger partial charge in [-0.15, -0.1) is 0 Å². The largest absolute Gasteiger partial charge is 0.369 e. The SMILES string of the molecule is CC(C)(C)CC(C(=O)NC(C)(C)C)[C@H](CCc1cc(F)cc(F)c1)C(N)=O. The minimum Gasteiger partial charge on any atom is -0.369 e. The number of halogens is 2. The second-order valence-electron chi connectivity index (χ2n) is 9.44. The van der Waals surface area contributed by atoms with Crippen molar-refractivity contribution in [3.05, 3.63) is 35.4 Å². The van der Waals surface area contributed by atoms with E-state index in [9.17, 15) is 18.4 Å². The third-order valence-corrected chi connectivity index (χ3v) is 4.18. The summed E-state index contributed by atoms with van der Waals surface area (Å²) in [5.41, 5.74) is 5.41. The molecular weight excluding hydrogens is 350 g/mol. The molecule has 0 spiro atoms. The third-order valence-electron chi connectivity index (χ3n) is 4.18. The first-order valence-corrected chi connectivity index (χ1v) is 9.24. The molecule has 1 aromatic carbocycles. The van der Waals surface area contributed by atoms with Gasteiger partial charge in [-0.05, 0) is 63.1 Å². The molecule has 152 valence electrons. The van der Waals surface area contributed by atoms with Gasteiger partial charge in [0.1, 0.15) is 11.6 Å². The summed E-state index contributed by atoms with van der Waals surface area (Å²) in [7, 11) is 0. The Morgan fingerprint density at radius 1 is 1.00 bits per heavy atom. The summed E-state index contributed by atoms with van der Waals surface area (Å²) in [6.45, 7) is 11.6. The Morgan fingerprint density at radius 3 is 1.93 bits per heavy atom. The van der Waals surface area contributed by atoms with Crippen LogP contribution in [0.25, 0.3) is 0 Å². The number of carbonyl (C=O) groups excluding carboxylic acids is 2. The van der Waals surface area contributed by atoms with E-state index in [0.29, 0.717) is 12.0 Å². The smallest absolute Gasteiger partial charge is 0.224 e. The Labute approximate surface area is 160 Å². The molecule has 0 aliphatic carbocycles. The van der Waals surface area contributed by atoms with Crippen molar-refractivity contribution in [2.24, 2.45) is 23.0 Å². The molecule has 1 rings (SSSR count). The first-order chi connectivity index (χ1) is 12.2. The summed E-state index contributed by atoms with van der Waals surface area (Å²) in [6, 6.07) is 3.26. The lowest BCUT2D eigenvalue weighted by molar-refractivity contribution is -0.135. The summed E-state index contributed by atoms with van der Waals surface area (Å²) < 4.78 is 26.8. The third kappa shape index (κ3) is 8.50. The van der Waals surface area contributed by atoms with Crippen molar-refractivity contribution in [1.82, 2.24) is 5.32 Å². The summed E-state index contributed by atoms with van der Waals surface area (Å²) >= 11 is 0. The van der Waals surface area contributed by atoms with Crippen molar-refractivity contribution in [1.29, 1.82) is 0 Å². The van der Waals surface area contributed by atoms with Crippen LogP contribution in [0, 0.1) is 28.9 Å². The molecule has 1 aromatic rings. The number of hydrogen-bond acceptors (Lipinski definition) is 2. The van der Waals surface area contributed by atoms with E-state index < -0.39 is 34.9 Å². The van der Waals surface area contributed by atoms with Gasteiger partial charge < -0.3 is 11.1 Å². The van der Waals surface area contributed by atoms with Crippen LogP contribution >= 0.6 is 0 Å². The molecule has 0 saturated carbocycles. The second kappa shape index (κ2) is 8.81. The van der Waals surface area contributed by atoms with Crippen molar-refractivity contribution in [2.75, 3.05) is 0 Å². The van der Waals surface area contributed by atoms with Crippen LogP contribution in [0.15, 0.2) is 18.2 Å². The predicted octanol–water partition coefficient (Wildman–Crippen LogP) is 3.97. The summed E-state index contributed by atoms with van der Waals surface area (Å²) in [5, 5.41) is 2.93. The van der Waals surface area contributed by atoms with Gasteiger partial charge in [-0.2, -0.15) is 0 Å². The fourth-order valence-electron chi connectivity index (χ4n) is 3.16. The van der Waals surface area contributed by atoms with Gasteiger partial charge in [0, 0.05) is 17.5 Å². The van der Waals surface area contributed by atoms with Crippen LogP contribution in [0.2, 0.25) is 0 Å². The Balaban J connectivity index is 3.07. The second-order valence-corrected chi connectivity index (χ2v) is 9.44. The Hall–Kier alpha value is -1.98. The van der Waals surface area contributed by atoms with Gasteiger partial charge in [-0.3, -0.25) is 9.59 Å². The standard InChI is InChI=1S/C21H32F2N2O2/c1-20(2,3)12-17(19(27)25-21(4,5)6)16(18(24)26)8-7-13-9-14(22)11-15(23)10-13/h9-11,16-17H,7-8,12H2,1-6H3,(H2,24,26)(H,25,27)/t16-,17?/m0/s1. The van der Waals surface area contributed by atoms with Gasteiger partial charge in [-0.25, -0.2) is 8.78 Å². The van der Waals surface area contributed by atoms with Crippen LogP contribution in [0.4, 0.5) is 8.78 Å². The summed E-state index contributed by atoms with van der Waals surface area (Å²) in [6.07, 6.45) is 0.974. The quantitative estimate of drug-likeness (QED) is 0.749. The van der Waals surface area contributed by atoms with E-state index in [0.717, 1.165) is 6.07 Å². The highest BCUT2D eigenvalue weighted by molar-refractivity contribution is 5.87. The predicted molar refractivity (Wildman–Crippen MR) is 103 cm³/mol. The number of nitrogens with one attached hydrogen (secondary N) is 1. The molecule has 2 amide bonds. The Bertz CT molecular complexity index is 655. The highest BCUT2D eigenvalue weighted by Gasteiger charge is 2.36. The van der Waals surface area contributed by atoms with E-state index in [1.165, 1.54) is 12.1 Å². The summed E-state index contributed by atoms with van der Waals surface area (Å²) in [4.78, 5) is 25.0. The molecular formula is C21H32F2N2O2. The highest BCUT2D eigenvalue weighted by Crippen LogP contribution is 2.32. The Kier molecular flexibility index (Phi) is 7.52. The van der Waals surface area contributed by atoms with Crippen LogP contribution in [0.1, 0.15) is 59.9 Å². The fraction of sp³-hybridized carbons (Fsp3) is 0.619. The molecule has 0 saturated heterocycles. The molecule has 0 aromatic heterocycles. The Morgan fingerprint density at radius 2 is 1.52 bits per heavy atom. The monoisotopic (exact) mass is 382 g/mol. The number of rotatable bonds is 7. The normalized spacial score (nSPS) is 14.5. The number of primary amides is 1. The van der Waals surface area contributed by atoms with Gasteiger partial charge in [0.2, 0.25) is 11.8 Å². The molecule has 0 heterocycles. The lowest BCUT2D eigenvalue weighted by Gasteiger charge is -2.32. The van der Waals surface area contributed by atoms with Gasteiger partial charge >= 0.3 is 0 Å². The molecule has 4 nitrogen and oxygen atoms in total. The van der Waals surface area contributed by atoms with Crippen molar-refractivity contribution < 1.29 is 18.4 Å². The van der Waals surface area contributed by atoms with Crippen LogP contribution in [0.3, 0.4) is 0 Å². The van der Waals surface area contributed by atoms with Crippen LogP contribution in [0.5, 0.6) is 0 Å². The molecule has 0 aliphatic heterocycles. The zero-order chi connectivity index (χ0) is 21.0. The van der Waals surface area contributed by atoms with Gasteiger partial charge in [0.05, 0.1) is 5.92 Å². The maximum atomic E-state index is 13.4. The molecule has 0 aliphatic rings. The number of amides is 2. The van der Waals surface area contributed by atoms with E-state index in [2.05, 4.69) is 5.32 Å². The van der Waals surface area contributed by atoms with E-state index >= 15 is 0 Å². The van der Waals surface area contributed by atoms with Crippen LogP contribution in [-0.2, 0) is 16.0 Å². The lowest BCUT2D eigenvalue weighted by atomic mass is 9.75. The van der Waals surface area contributed by atoms with E-state index in [1.54, 1.807) is 0 Å². The average Bonchev–Trinajstić information content (AvgIpc) is 2.41. The fourth-order valence-corrected chi connectivity index (χ4v) is 3.16. The molecule has 0 fully saturated rings. The van der Waals surface area contributed by atoms with Gasteiger partial charge in [0.25, 0.3) is 0 Å². The van der Waals surface area contributed by atoms with E-state index in [4.69, 9.17) is 5.73 Å². The van der Waals surface area contributed by atoms with Crippen molar-refractivity contribution in [3.63, 3.8) is 0 Å². The molecule has 1 unspecified atom stereocenters. The number of nitrogens with two attached hydrogens (primary N) is 1. The molecule has 27 heavy (non-hydrogen) atoms. The van der Waals surface area contributed by atoms with Crippen LogP contribution in [-0.4, -0.2) is 17.4 Å². The van der Waals surface area contributed by atoms with Crippen molar-refractivity contribution in [2.45, 2.75) is 66.3 Å². The van der Waals surface area contributed by atoms with Gasteiger partial charge in [0.15, 0.2) is 0 Å². The van der Waals surface area contributed by atoms with Crippen LogP contribution < -0.4 is 11.1 Å².